The van der Waals surface area contributed by atoms with Gasteiger partial charge in [0.2, 0.25) is 0 Å². The van der Waals surface area contributed by atoms with Crippen LogP contribution in [0.5, 0.6) is 0 Å². The summed E-state index contributed by atoms with van der Waals surface area (Å²) in [6.07, 6.45) is -0.803. The summed E-state index contributed by atoms with van der Waals surface area (Å²) in [6.45, 7) is 4.75. The molecule has 0 heterocycles. The van der Waals surface area contributed by atoms with Crippen LogP contribution in [-0.2, 0) is 4.79 Å². The van der Waals surface area contributed by atoms with E-state index in [0.29, 0.717) is 0 Å². The van der Waals surface area contributed by atoms with E-state index in [2.05, 4.69) is 11.8 Å². The van der Waals surface area contributed by atoms with Gasteiger partial charge in [-0.25, -0.2) is 0 Å². The summed E-state index contributed by atoms with van der Waals surface area (Å²) in [7, 11) is 0. The molecule has 0 saturated heterocycles. The monoisotopic (exact) mass is 140 g/mol. The number of Topliss-reactive ketones (excluding diaryl/α,β-unsaturated/α-hetero) is 1. The van der Waals surface area contributed by atoms with Crippen molar-refractivity contribution in [2.45, 2.75) is 26.9 Å². The first-order valence-electron chi connectivity index (χ1n) is 3.20. The minimum Gasteiger partial charge on any atom is -0.380 e. The fourth-order valence-corrected chi connectivity index (χ4v) is 0.495. The lowest BCUT2D eigenvalue weighted by Crippen LogP contribution is -2.21. The zero-order valence-corrected chi connectivity index (χ0v) is 6.51. The quantitative estimate of drug-likeness (QED) is 0.570. The Balaban J connectivity index is 4.02. The number of aliphatic hydroxyl groups is 1. The molecule has 10 heavy (non-hydrogen) atoms. The first kappa shape index (κ1) is 9.19. The molecule has 0 rings (SSSR count). The molecule has 2 unspecified atom stereocenters. The second-order valence-electron chi connectivity index (χ2n) is 2.24. The number of carbonyl (C=O) groups is 1. The van der Waals surface area contributed by atoms with Gasteiger partial charge in [0.25, 0.3) is 0 Å². The fourth-order valence-electron chi connectivity index (χ4n) is 0.495. The van der Waals surface area contributed by atoms with Gasteiger partial charge in [-0.05, 0) is 13.8 Å². The Hall–Kier alpha value is -0.810. The molecule has 0 aliphatic carbocycles. The van der Waals surface area contributed by atoms with Gasteiger partial charge in [-0.2, -0.15) is 0 Å². The maximum atomic E-state index is 10.6. The Morgan fingerprint density at radius 1 is 1.60 bits per heavy atom. The molecule has 0 aromatic carbocycles. The number of hydrogen-bond acceptors (Lipinski definition) is 2. The number of aliphatic hydroxyl groups excluding tert-OH is 1. The van der Waals surface area contributed by atoms with Crippen LogP contribution in [0.1, 0.15) is 20.8 Å². The van der Waals surface area contributed by atoms with Crippen molar-refractivity contribution < 1.29 is 9.90 Å². The van der Waals surface area contributed by atoms with Crippen LogP contribution in [0, 0.1) is 17.8 Å². The first-order valence-corrected chi connectivity index (χ1v) is 3.20. The van der Waals surface area contributed by atoms with Crippen molar-refractivity contribution in [1.29, 1.82) is 0 Å². The molecule has 0 radical (unpaired) electrons. The predicted octanol–water partition coefficient (Wildman–Crippen LogP) is 0.596. The normalized spacial score (nSPS) is 14.8. The van der Waals surface area contributed by atoms with Crippen LogP contribution in [0.3, 0.4) is 0 Å². The summed E-state index contributed by atoms with van der Waals surface area (Å²) < 4.78 is 0. The minimum absolute atomic E-state index is 0.0322. The maximum Gasteiger partial charge on any atom is 0.136 e. The van der Waals surface area contributed by atoms with Gasteiger partial charge in [0.15, 0.2) is 0 Å². The molecule has 0 aliphatic heterocycles. The van der Waals surface area contributed by atoms with Crippen molar-refractivity contribution in [3.8, 4) is 11.8 Å². The number of rotatable bonds is 2. The largest absolute Gasteiger partial charge is 0.380 e. The third kappa shape index (κ3) is 2.65. The Labute approximate surface area is 61.2 Å². The Kier molecular flexibility index (Phi) is 3.75. The highest BCUT2D eigenvalue weighted by Crippen LogP contribution is 2.02. The van der Waals surface area contributed by atoms with Crippen molar-refractivity contribution in [2.75, 3.05) is 0 Å². The Bertz CT molecular complexity index is 173. The van der Waals surface area contributed by atoms with Crippen molar-refractivity contribution >= 4 is 5.78 Å². The highest BCUT2D eigenvalue weighted by Gasteiger charge is 2.15. The molecule has 2 atom stereocenters. The molecular formula is C8H12O2. The fraction of sp³-hybridized carbons (Fsp3) is 0.625. The van der Waals surface area contributed by atoms with Crippen molar-refractivity contribution in [3.63, 3.8) is 0 Å². The highest BCUT2D eigenvalue weighted by atomic mass is 16.3. The molecule has 0 bridgehead atoms. The van der Waals surface area contributed by atoms with E-state index in [0.717, 1.165) is 0 Å². The second-order valence-corrected chi connectivity index (χ2v) is 2.24. The van der Waals surface area contributed by atoms with Gasteiger partial charge in [0.05, 0.1) is 5.92 Å². The van der Waals surface area contributed by atoms with Crippen molar-refractivity contribution in [1.82, 2.24) is 0 Å². The van der Waals surface area contributed by atoms with Crippen LogP contribution in [0.4, 0.5) is 0 Å². The topological polar surface area (TPSA) is 37.3 Å². The van der Waals surface area contributed by atoms with Crippen molar-refractivity contribution in [3.05, 3.63) is 0 Å². The van der Waals surface area contributed by atoms with Crippen LogP contribution in [0.25, 0.3) is 0 Å². The molecule has 56 valence electrons. The zero-order chi connectivity index (χ0) is 8.15. The van der Waals surface area contributed by atoms with E-state index < -0.39 is 6.10 Å². The van der Waals surface area contributed by atoms with Gasteiger partial charge in [0, 0.05) is 0 Å². The molecule has 0 aromatic rings. The van der Waals surface area contributed by atoms with Crippen LogP contribution >= 0.6 is 0 Å². The minimum atomic E-state index is -0.803. The van der Waals surface area contributed by atoms with Crippen LogP contribution in [0.15, 0.2) is 0 Å². The standard InChI is InChI=1S/C8H12O2/c1-4-5-8(10)6(2)7(3)9/h6,8,10H,1-3H3. The summed E-state index contributed by atoms with van der Waals surface area (Å²) in [5.41, 5.74) is 0. The van der Waals surface area contributed by atoms with Crippen LogP contribution < -0.4 is 0 Å². The third-order valence-corrected chi connectivity index (χ3v) is 1.41. The predicted molar refractivity (Wildman–Crippen MR) is 39.3 cm³/mol. The molecule has 0 aromatic heterocycles. The molecule has 0 fully saturated rings. The molecule has 0 aliphatic rings. The lowest BCUT2D eigenvalue weighted by molar-refractivity contribution is -0.122. The maximum absolute atomic E-state index is 10.6. The van der Waals surface area contributed by atoms with Gasteiger partial charge in [-0.3, -0.25) is 4.79 Å². The SMILES string of the molecule is CC#CC(O)C(C)C(C)=O. The van der Waals surface area contributed by atoms with Crippen LogP contribution in [0.2, 0.25) is 0 Å². The second kappa shape index (κ2) is 4.08. The summed E-state index contributed by atoms with van der Waals surface area (Å²) in [5, 5.41) is 9.09. The third-order valence-electron chi connectivity index (χ3n) is 1.41. The zero-order valence-electron chi connectivity index (χ0n) is 6.51. The molecule has 0 saturated carbocycles. The molecule has 2 nitrogen and oxygen atoms in total. The average molecular weight is 140 g/mol. The number of carbonyl (C=O) groups excluding carboxylic acids is 1. The van der Waals surface area contributed by atoms with E-state index in [1.54, 1.807) is 13.8 Å². The summed E-state index contributed by atoms with van der Waals surface area (Å²) in [4.78, 5) is 10.6. The first-order chi connectivity index (χ1) is 4.59. The van der Waals surface area contributed by atoms with Gasteiger partial charge in [-0.1, -0.05) is 12.8 Å². The summed E-state index contributed by atoms with van der Waals surface area (Å²) >= 11 is 0. The lowest BCUT2D eigenvalue weighted by atomic mass is 10.0. The Morgan fingerprint density at radius 2 is 2.10 bits per heavy atom. The van der Waals surface area contributed by atoms with Gasteiger partial charge < -0.3 is 5.11 Å². The van der Waals surface area contributed by atoms with Gasteiger partial charge in [0.1, 0.15) is 11.9 Å². The average Bonchev–Trinajstić information content (AvgIpc) is 1.87. The molecule has 2 heteroatoms. The summed E-state index contributed by atoms with van der Waals surface area (Å²) in [5.74, 6) is 4.66. The van der Waals surface area contributed by atoms with Crippen LogP contribution in [-0.4, -0.2) is 17.0 Å². The van der Waals surface area contributed by atoms with E-state index >= 15 is 0 Å². The lowest BCUT2D eigenvalue weighted by Gasteiger charge is -2.08. The van der Waals surface area contributed by atoms with E-state index in [1.807, 2.05) is 0 Å². The number of hydrogen-bond donors (Lipinski definition) is 1. The van der Waals surface area contributed by atoms with E-state index in [9.17, 15) is 4.79 Å². The Morgan fingerprint density at radius 3 is 2.40 bits per heavy atom. The number of ketones is 1. The van der Waals surface area contributed by atoms with Gasteiger partial charge >= 0.3 is 0 Å². The highest BCUT2D eigenvalue weighted by molar-refractivity contribution is 5.78. The van der Waals surface area contributed by atoms with Gasteiger partial charge in [-0.15, -0.1) is 5.92 Å². The van der Waals surface area contributed by atoms with Crippen molar-refractivity contribution in [2.24, 2.45) is 5.92 Å². The summed E-state index contributed by atoms with van der Waals surface area (Å²) in [6, 6.07) is 0. The van der Waals surface area contributed by atoms with E-state index in [1.165, 1.54) is 6.92 Å². The van der Waals surface area contributed by atoms with E-state index in [4.69, 9.17) is 5.11 Å². The smallest absolute Gasteiger partial charge is 0.136 e. The molecule has 1 N–H and O–H groups in total. The van der Waals surface area contributed by atoms with E-state index in [-0.39, 0.29) is 11.7 Å². The molecular weight excluding hydrogens is 128 g/mol. The molecule has 0 spiro atoms. The molecule has 0 amide bonds.